The Morgan fingerprint density at radius 2 is 1.91 bits per heavy atom. The van der Waals surface area contributed by atoms with Gasteiger partial charge in [-0.3, -0.25) is 4.79 Å². The van der Waals surface area contributed by atoms with Crippen LogP contribution in [0, 0.1) is 6.92 Å². The molecule has 0 N–H and O–H groups in total. The normalized spacial score (nSPS) is 16.5. The zero-order valence-electron chi connectivity index (χ0n) is 20.9. The molecule has 1 aromatic heterocycles. The molecule has 3 heterocycles. The van der Waals surface area contributed by atoms with Gasteiger partial charge >= 0.3 is 0 Å². The van der Waals surface area contributed by atoms with Crippen LogP contribution in [0.25, 0.3) is 11.8 Å². The molecule has 5 rings (SSSR count). The number of hydrogen-bond acceptors (Lipinski definition) is 4. The number of carbonyl (C=O) groups is 1. The van der Waals surface area contributed by atoms with Gasteiger partial charge in [-0.2, -0.15) is 0 Å². The van der Waals surface area contributed by atoms with Crippen molar-refractivity contribution >= 4 is 17.7 Å². The molecule has 0 atom stereocenters. The maximum absolute atomic E-state index is 13.4. The van der Waals surface area contributed by atoms with Crippen molar-refractivity contribution in [2.45, 2.75) is 45.6 Å². The van der Waals surface area contributed by atoms with Crippen LogP contribution in [0.1, 0.15) is 43.0 Å². The molecule has 0 spiro atoms. The Morgan fingerprint density at radius 1 is 1.11 bits per heavy atom. The van der Waals surface area contributed by atoms with E-state index >= 15 is 0 Å². The first-order valence-corrected chi connectivity index (χ1v) is 12.6. The summed E-state index contributed by atoms with van der Waals surface area (Å²) in [5, 5.41) is 0. The Morgan fingerprint density at radius 3 is 2.63 bits per heavy atom. The number of nitrogens with zero attached hydrogens (tertiary/aromatic N) is 4. The summed E-state index contributed by atoms with van der Waals surface area (Å²) in [7, 11) is 1.67. The number of benzene rings is 2. The van der Waals surface area contributed by atoms with Crippen molar-refractivity contribution < 1.29 is 9.53 Å². The van der Waals surface area contributed by atoms with E-state index in [0.29, 0.717) is 12.5 Å². The quantitative estimate of drug-likeness (QED) is 0.474. The maximum Gasteiger partial charge on any atom is 0.249 e. The minimum absolute atomic E-state index is 0.154. The van der Waals surface area contributed by atoms with E-state index in [2.05, 4.69) is 41.1 Å². The first-order valence-electron chi connectivity index (χ1n) is 12.6. The topological polar surface area (TPSA) is 50.6 Å². The number of rotatable bonds is 6. The maximum atomic E-state index is 13.4. The molecule has 0 bridgehead atoms. The van der Waals surface area contributed by atoms with Crippen molar-refractivity contribution in [1.29, 1.82) is 0 Å². The number of aryl methyl sites for hydroxylation is 1. The van der Waals surface area contributed by atoms with E-state index in [0.717, 1.165) is 67.2 Å². The van der Waals surface area contributed by atoms with Crippen LogP contribution in [0.4, 0.5) is 5.69 Å². The summed E-state index contributed by atoms with van der Waals surface area (Å²) in [6.45, 7) is 6.72. The molecule has 1 amide bonds. The third-order valence-corrected chi connectivity index (χ3v) is 7.31. The van der Waals surface area contributed by atoms with E-state index in [-0.39, 0.29) is 5.91 Å². The highest BCUT2D eigenvalue weighted by Gasteiger charge is 2.31. The van der Waals surface area contributed by atoms with Crippen LogP contribution in [0.3, 0.4) is 0 Å². The third kappa shape index (κ3) is 4.70. The predicted molar refractivity (Wildman–Crippen MR) is 140 cm³/mol. The predicted octanol–water partition coefficient (Wildman–Crippen LogP) is 5.04. The molecule has 2 aliphatic rings. The SMILES string of the molecule is CC/C(=C\c1ccc(-n2cnc(C)c2)c(OC)c1)C(=O)N1CCC(N2CCc3ccccc32)CC1. The Bertz CT molecular complexity index is 1240. The third-order valence-electron chi connectivity index (χ3n) is 7.31. The number of imidazole rings is 1. The van der Waals surface area contributed by atoms with Gasteiger partial charge in [0.25, 0.3) is 0 Å². The Kier molecular flexibility index (Phi) is 6.62. The van der Waals surface area contributed by atoms with Gasteiger partial charge in [-0.05, 0) is 68.0 Å². The number of aromatic nitrogens is 2. The molecular weight excluding hydrogens is 436 g/mol. The number of ether oxygens (including phenoxy) is 1. The molecule has 0 unspecified atom stereocenters. The molecular formula is C29H34N4O2. The van der Waals surface area contributed by atoms with Gasteiger partial charge in [-0.15, -0.1) is 0 Å². The van der Waals surface area contributed by atoms with E-state index in [1.54, 1.807) is 13.4 Å². The van der Waals surface area contributed by atoms with E-state index in [4.69, 9.17) is 4.74 Å². The largest absolute Gasteiger partial charge is 0.495 e. The molecule has 0 aliphatic carbocycles. The number of piperidine rings is 1. The van der Waals surface area contributed by atoms with Gasteiger partial charge < -0.3 is 19.1 Å². The molecule has 182 valence electrons. The molecule has 1 saturated heterocycles. The van der Waals surface area contributed by atoms with Gasteiger partial charge in [-0.1, -0.05) is 31.2 Å². The second kappa shape index (κ2) is 9.98. The molecule has 6 nitrogen and oxygen atoms in total. The smallest absolute Gasteiger partial charge is 0.249 e. The van der Waals surface area contributed by atoms with Crippen molar-refractivity contribution in [3.05, 3.63) is 77.4 Å². The summed E-state index contributed by atoms with van der Waals surface area (Å²) in [5.74, 6) is 0.909. The van der Waals surface area contributed by atoms with Crippen LogP contribution < -0.4 is 9.64 Å². The van der Waals surface area contributed by atoms with Gasteiger partial charge in [0.2, 0.25) is 5.91 Å². The summed E-state index contributed by atoms with van der Waals surface area (Å²) in [5.41, 5.74) is 6.52. The second-order valence-electron chi connectivity index (χ2n) is 9.47. The van der Waals surface area contributed by atoms with Gasteiger partial charge in [-0.25, -0.2) is 4.98 Å². The average Bonchev–Trinajstić information content (AvgIpc) is 3.53. The first-order chi connectivity index (χ1) is 17.1. The molecule has 0 saturated carbocycles. The number of methoxy groups -OCH3 is 1. The molecule has 0 radical (unpaired) electrons. The van der Waals surface area contributed by atoms with Crippen LogP contribution in [0.15, 0.2) is 60.6 Å². The standard InChI is InChI=1S/C29H34N4O2/c1-4-23(17-22-9-10-27(28(18-22)35-3)32-19-21(2)30-20-32)29(34)31-14-12-25(13-15-31)33-16-11-24-7-5-6-8-26(24)33/h5-10,17-20,25H,4,11-16H2,1-3H3/b23-17+. The Hall–Kier alpha value is -3.54. The van der Waals surface area contributed by atoms with Crippen LogP contribution in [-0.2, 0) is 11.2 Å². The Labute approximate surface area is 207 Å². The van der Waals surface area contributed by atoms with Crippen LogP contribution in [0.2, 0.25) is 0 Å². The number of likely N-dealkylation sites (tertiary alicyclic amines) is 1. The van der Waals surface area contributed by atoms with Crippen LogP contribution in [0.5, 0.6) is 5.75 Å². The lowest BCUT2D eigenvalue weighted by molar-refractivity contribution is -0.128. The van der Waals surface area contributed by atoms with Gasteiger partial charge in [0, 0.05) is 43.1 Å². The fourth-order valence-corrected chi connectivity index (χ4v) is 5.39. The lowest BCUT2D eigenvalue weighted by atomic mass is 10.0. The van der Waals surface area contributed by atoms with E-state index < -0.39 is 0 Å². The van der Waals surface area contributed by atoms with Gasteiger partial charge in [0.15, 0.2) is 0 Å². The monoisotopic (exact) mass is 470 g/mol. The summed E-state index contributed by atoms with van der Waals surface area (Å²) >= 11 is 0. The number of para-hydroxylation sites is 1. The van der Waals surface area contributed by atoms with Crippen LogP contribution in [-0.4, -0.2) is 53.1 Å². The zero-order valence-corrected chi connectivity index (χ0v) is 20.9. The summed E-state index contributed by atoms with van der Waals surface area (Å²) in [6.07, 6.45) is 9.63. The fourth-order valence-electron chi connectivity index (χ4n) is 5.39. The number of fused-ring (bicyclic) bond motifs is 1. The average molecular weight is 471 g/mol. The first kappa shape index (κ1) is 23.2. The number of anilines is 1. The van der Waals surface area contributed by atoms with Crippen LogP contribution >= 0.6 is 0 Å². The van der Waals surface area contributed by atoms with Gasteiger partial charge in [0.1, 0.15) is 5.75 Å². The summed E-state index contributed by atoms with van der Waals surface area (Å²) in [4.78, 5) is 22.3. The minimum atomic E-state index is 0.154. The fraction of sp³-hybridized carbons (Fsp3) is 0.379. The minimum Gasteiger partial charge on any atom is -0.495 e. The summed E-state index contributed by atoms with van der Waals surface area (Å²) in [6, 6.07) is 15.3. The molecule has 35 heavy (non-hydrogen) atoms. The second-order valence-corrected chi connectivity index (χ2v) is 9.47. The molecule has 3 aromatic rings. The lowest BCUT2D eigenvalue weighted by Gasteiger charge is -2.38. The number of hydrogen-bond donors (Lipinski definition) is 0. The Balaban J connectivity index is 1.27. The highest BCUT2D eigenvalue weighted by Crippen LogP contribution is 2.33. The number of amides is 1. The summed E-state index contributed by atoms with van der Waals surface area (Å²) < 4.78 is 7.60. The van der Waals surface area contributed by atoms with E-state index in [9.17, 15) is 4.79 Å². The van der Waals surface area contributed by atoms with Crippen molar-refractivity contribution in [3.8, 4) is 11.4 Å². The number of carbonyl (C=O) groups excluding carboxylic acids is 1. The van der Waals surface area contributed by atoms with Crippen molar-refractivity contribution in [2.75, 3.05) is 31.6 Å². The lowest BCUT2D eigenvalue weighted by Crippen LogP contribution is -2.46. The van der Waals surface area contributed by atoms with Crippen molar-refractivity contribution in [2.24, 2.45) is 0 Å². The molecule has 2 aliphatic heterocycles. The van der Waals surface area contributed by atoms with Crippen molar-refractivity contribution in [3.63, 3.8) is 0 Å². The van der Waals surface area contributed by atoms with Gasteiger partial charge in [0.05, 0.1) is 24.8 Å². The molecule has 6 heteroatoms. The highest BCUT2D eigenvalue weighted by atomic mass is 16.5. The molecule has 1 fully saturated rings. The highest BCUT2D eigenvalue weighted by molar-refractivity contribution is 5.98. The zero-order chi connectivity index (χ0) is 24.4. The molecule has 2 aromatic carbocycles. The van der Waals surface area contributed by atoms with E-state index in [1.165, 1.54) is 11.3 Å². The van der Waals surface area contributed by atoms with E-state index in [1.807, 2.05) is 46.9 Å². The van der Waals surface area contributed by atoms with Crippen molar-refractivity contribution in [1.82, 2.24) is 14.5 Å².